The van der Waals surface area contributed by atoms with Gasteiger partial charge >= 0.3 is 0 Å². The van der Waals surface area contributed by atoms with Crippen LogP contribution >= 0.6 is 0 Å². The van der Waals surface area contributed by atoms with E-state index in [2.05, 4.69) is 4.90 Å². The minimum atomic E-state index is -0.212. The van der Waals surface area contributed by atoms with Crippen molar-refractivity contribution < 1.29 is 4.79 Å². The van der Waals surface area contributed by atoms with Crippen LogP contribution in [0.3, 0.4) is 0 Å². The van der Waals surface area contributed by atoms with E-state index < -0.39 is 0 Å². The number of hydrogen-bond acceptors (Lipinski definition) is 2. The Balaban J connectivity index is 4.09. The molecule has 0 spiro atoms. The standard InChI is InChI=1S/C8H18N2O/c1-4-7(8(9)11)10(5-2)6-3/h7H,4-6H2,1-3H3,(H2,9,11)/t7-/m0/s1. The summed E-state index contributed by atoms with van der Waals surface area (Å²) in [4.78, 5) is 12.9. The van der Waals surface area contributed by atoms with Crippen LogP contribution in [0.25, 0.3) is 0 Å². The monoisotopic (exact) mass is 158 g/mol. The molecular formula is C8H18N2O. The van der Waals surface area contributed by atoms with Gasteiger partial charge in [0.25, 0.3) is 0 Å². The molecule has 0 aliphatic heterocycles. The van der Waals surface area contributed by atoms with Crippen LogP contribution in [0.5, 0.6) is 0 Å². The second kappa shape index (κ2) is 5.13. The zero-order valence-corrected chi connectivity index (χ0v) is 7.63. The number of likely N-dealkylation sites (N-methyl/N-ethyl adjacent to an activating group) is 1. The molecule has 1 atom stereocenters. The Labute approximate surface area is 68.6 Å². The molecule has 0 unspecified atom stereocenters. The van der Waals surface area contributed by atoms with E-state index in [1.807, 2.05) is 20.8 Å². The van der Waals surface area contributed by atoms with E-state index in [0.29, 0.717) is 0 Å². The average molecular weight is 158 g/mol. The number of carbonyl (C=O) groups excluding carboxylic acids is 1. The molecule has 0 heterocycles. The highest BCUT2D eigenvalue weighted by atomic mass is 16.1. The molecule has 0 aromatic heterocycles. The van der Waals surface area contributed by atoms with E-state index in [-0.39, 0.29) is 11.9 Å². The lowest BCUT2D eigenvalue weighted by Crippen LogP contribution is -2.44. The van der Waals surface area contributed by atoms with Gasteiger partial charge in [-0.05, 0) is 19.5 Å². The quantitative estimate of drug-likeness (QED) is 0.636. The Morgan fingerprint density at radius 3 is 1.91 bits per heavy atom. The summed E-state index contributed by atoms with van der Waals surface area (Å²) in [6.45, 7) is 7.83. The third-order valence-electron chi connectivity index (χ3n) is 1.97. The van der Waals surface area contributed by atoms with Gasteiger partial charge < -0.3 is 5.73 Å². The molecule has 0 aliphatic carbocycles. The smallest absolute Gasteiger partial charge is 0.234 e. The minimum absolute atomic E-state index is 0.0787. The van der Waals surface area contributed by atoms with Gasteiger partial charge in [0.1, 0.15) is 0 Å². The van der Waals surface area contributed by atoms with Crippen LogP contribution in [0.1, 0.15) is 27.2 Å². The van der Waals surface area contributed by atoms with E-state index in [1.54, 1.807) is 0 Å². The molecule has 0 aromatic rings. The second-order valence-corrected chi connectivity index (χ2v) is 2.55. The molecule has 0 bridgehead atoms. The summed E-state index contributed by atoms with van der Waals surface area (Å²) in [5.74, 6) is -0.212. The molecule has 0 radical (unpaired) electrons. The summed E-state index contributed by atoms with van der Waals surface area (Å²) < 4.78 is 0. The van der Waals surface area contributed by atoms with Crippen LogP contribution in [0.4, 0.5) is 0 Å². The first kappa shape index (κ1) is 10.4. The van der Waals surface area contributed by atoms with Crippen LogP contribution in [-0.4, -0.2) is 29.9 Å². The summed E-state index contributed by atoms with van der Waals surface area (Å²) in [7, 11) is 0. The van der Waals surface area contributed by atoms with E-state index >= 15 is 0 Å². The first-order chi connectivity index (χ1) is 5.17. The Bertz CT molecular complexity index is 121. The molecule has 11 heavy (non-hydrogen) atoms. The Morgan fingerprint density at radius 1 is 1.36 bits per heavy atom. The summed E-state index contributed by atoms with van der Waals surface area (Å²) in [5, 5.41) is 0. The van der Waals surface area contributed by atoms with Crippen LogP contribution < -0.4 is 5.73 Å². The van der Waals surface area contributed by atoms with Gasteiger partial charge in [0.2, 0.25) is 5.91 Å². The minimum Gasteiger partial charge on any atom is -0.368 e. The maximum atomic E-state index is 10.9. The average Bonchev–Trinajstić information content (AvgIpc) is 1.99. The van der Waals surface area contributed by atoms with Crippen molar-refractivity contribution >= 4 is 5.91 Å². The van der Waals surface area contributed by atoms with Crippen molar-refractivity contribution in [1.82, 2.24) is 4.90 Å². The lowest BCUT2D eigenvalue weighted by Gasteiger charge is -2.25. The highest BCUT2D eigenvalue weighted by Gasteiger charge is 2.18. The number of nitrogens with zero attached hydrogens (tertiary/aromatic N) is 1. The van der Waals surface area contributed by atoms with Gasteiger partial charge in [-0.1, -0.05) is 20.8 Å². The highest BCUT2D eigenvalue weighted by Crippen LogP contribution is 2.01. The Hall–Kier alpha value is -0.570. The number of nitrogens with two attached hydrogens (primary N) is 1. The lowest BCUT2D eigenvalue weighted by atomic mass is 10.2. The molecule has 1 amide bonds. The number of primary amides is 1. The fraction of sp³-hybridized carbons (Fsp3) is 0.875. The molecular weight excluding hydrogens is 140 g/mol. The van der Waals surface area contributed by atoms with Gasteiger partial charge in [0.15, 0.2) is 0 Å². The van der Waals surface area contributed by atoms with E-state index in [1.165, 1.54) is 0 Å². The van der Waals surface area contributed by atoms with Crippen LogP contribution in [0.15, 0.2) is 0 Å². The Kier molecular flexibility index (Phi) is 4.86. The molecule has 0 fully saturated rings. The van der Waals surface area contributed by atoms with Crippen molar-refractivity contribution in [3.05, 3.63) is 0 Å². The topological polar surface area (TPSA) is 46.3 Å². The van der Waals surface area contributed by atoms with Crippen molar-refractivity contribution in [2.45, 2.75) is 33.2 Å². The first-order valence-electron chi connectivity index (χ1n) is 4.20. The van der Waals surface area contributed by atoms with Crippen LogP contribution in [0, 0.1) is 0 Å². The summed E-state index contributed by atoms with van der Waals surface area (Å²) in [5.41, 5.74) is 5.22. The molecule has 3 nitrogen and oxygen atoms in total. The molecule has 0 saturated heterocycles. The summed E-state index contributed by atoms with van der Waals surface area (Å²) in [6.07, 6.45) is 0.803. The zero-order chi connectivity index (χ0) is 8.85. The molecule has 0 aromatic carbocycles. The number of amides is 1. The van der Waals surface area contributed by atoms with Crippen LogP contribution in [-0.2, 0) is 4.79 Å². The predicted molar refractivity (Wildman–Crippen MR) is 46.2 cm³/mol. The first-order valence-corrected chi connectivity index (χ1v) is 4.20. The second-order valence-electron chi connectivity index (χ2n) is 2.55. The van der Waals surface area contributed by atoms with Gasteiger partial charge in [-0.15, -0.1) is 0 Å². The van der Waals surface area contributed by atoms with Gasteiger partial charge in [-0.25, -0.2) is 0 Å². The fourth-order valence-electron chi connectivity index (χ4n) is 1.30. The Morgan fingerprint density at radius 2 is 1.82 bits per heavy atom. The van der Waals surface area contributed by atoms with Gasteiger partial charge in [0.05, 0.1) is 6.04 Å². The third kappa shape index (κ3) is 2.89. The summed E-state index contributed by atoms with van der Waals surface area (Å²) in [6, 6.07) is -0.0787. The fourth-order valence-corrected chi connectivity index (χ4v) is 1.30. The van der Waals surface area contributed by atoms with Crippen molar-refractivity contribution in [1.29, 1.82) is 0 Å². The van der Waals surface area contributed by atoms with Gasteiger partial charge in [-0.3, -0.25) is 9.69 Å². The van der Waals surface area contributed by atoms with Crippen molar-refractivity contribution in [3.8, 4) is 0 Å². The zero-order valence-electron chi connectivity index (χ0n) is 7.63. The molecule has 0 saturated carbocycles. The number of rotatable bonds is 5. The van der Waals surface area contributed by atoms with Crippen molar-refractivity contribution in [2.75, 3.05) is 13.1 Å². The predicted octanol–water partition coefficient (Wildman–Crippen LogP) is 0.592. The van der Waals surface area contributed by atoms with Crippen molar-refractivity contribution in [2.24, 2.45) is 5.73 Å². The molecule has 66 valence electrons. The molecule has 3 heteroatoms. The normalized spacial score (nSPS) is 13.5. The van der Waals surface area contributed by atoms with E-state index in [0.717, 1.165) is 19.5 Å². The summed E-state index contributed by atoms with van der Waals surface area (Å²) >= 11 is 0. The lowest BCUT2D eigenvalue weighted by molar-refractivity contribution is -0.123. The maximum Gasteiger partial charge on any atom is 0.234 e. The van der Waals surface area contributed by atoms with Gasteiger partial charge in [-0.2, -0.15) is 0 Å². The molecule has 0 rings (SSSR count). The highest BCUT2D eigenvalue weighted by molar-refractivity contribution is 5.79. The third-order valence-corrected chi connectivity index (χ3v) is 1.97. The SMILES string of the molecule is CC[C@@H](C(N)=O)N(CC)CC. The van der Waals surface area contributed by atoms with Gasteiger partial charge in [0, 0.05) is 0 Å². The van der Waals surface area contributed by atoms with E-state index in [4.69, 9.17) is 5.73 Å². The number of hydrogen-bond donors (Lipinski definition) is 1. The van der Waals surface area contributed by atoms with Crippen LogP contribution in [0.2, 0.25) is 0 Å². The van der Waals surface area contributed by atoms with Crippen molar-refractivity contribution in [3.63, 3.8) is 0 Å². The molecule has 2 N–H and O–H groups in total. The number of carbonyl (C=O) groups is 1. The maximum absolute atomic E-state index is 10.9. The van der Waals surface area contributed by atoms with E-state index in [9.17, 15) is 4.79 Å². The molecule has 0 aliphatic rings. The largest absolute Gasteiger partial charge is 0.368 e.